The molecule has 0 saturated heterocycles. The molecule has 19 heavy (non-hydrogen) atoms. The minimum atomic E-state index is 0.653. The molecule has 3 aromatic heterocycles. The Labute approximate surface area is 108 Å². The van der Waals surface area contributed by atoms with E-state index in [-0.39, 0.29) is 0 Å². The van der Waals surface area contributed by atoms with Gasteiger partial charge in [0, 0.05) is 12.4 Å². The summed E-state index contributed by atoms with van der Waals surface area (Å²) >= 11 is 0. The quantitative estimate of drug-likeness (QED) is 0.560. The average Bonchev–Trinajstić information content (AvgIpc) is 3.01. The molecule has 92 valence electrons. The second-order valence-electron chi connectivity index (χ2n) is 4.33. The molecule has 6 heteroatoms. The van der Waals surface area contributed by atoms with Crippen LogP contribution in [-0.2, 0) is 7.05 Å². The van der Waals surface area contributed by atoms with Gasteiger partial charge in [0.2, 0.25) is 0 Å². The zero-order chi connectivity index (χ0) is 12.8. The number of rotatable bonds is 1. The first-order valence-electron chi connectivity index (χ1n) is 5.91. The van der Waals surface area contributed by atoms with E-state index in [1.54, 1.807) is 6.20 Å². The van der Waals surface area contributed by atoms with Crippen molar-refractivity contribution in [2.75, 3.05) is 0 Å². The summed E-state index contributed by atoms with van der Waals surface area (Å²) < 4.78 is 1.85. The van der Waals surface area contributed by atoms with Crippen LogP contribution in [0.15, 0.2) is 36.8 Å². The van der Waals surface area contributed by atoms with Crippen molar-refractivity contribution in [1.82, 2.24) is 29.7 Å². The molecule has 0 aliphatic rings. The van der Waals surface area contributed by atoms with Gasteiger partial charge < -0.3 is 4.98 Å². The van der Waals surface area contributed by atoms with Crippen LogP contribution in [0.4, 0.5) is 0 Å². The predicted molar refractivity (Wildman–Crippen MR) is 71.4 cm³/mol. The van der Waals surface area contributed by atoms with Crippen LogP contribution in [0.5, 0.6) is 0 Å². The minimum Gasteiger partial charge on any atom is -0.334 e. The molecule has 1 aromatic carbocycles. The number of H-pyrrole nitrogens is 1. The standard InChI is InChI=1S/C13H10N6/c1-19-10-5-3-2-4-8(10)11(18-19)13-16-9-6-14-7-15-12(9)17-13/h2-7H,1H3,(H,14,15,16,17). The molecule has 4 aromatic rings. The van der Waals surface area contributed by atoms with Crippen molar-refractivity contribution in [3.8, 4) is 11.5 Å². The summed E-state index contributed by atoms with van der Waals surface area (Å²) in [5, 5.41) is 5.60. The van der Waals surface area contributed by atoms with Gasteiger partial charge >= 0.3 is 0 Å². The zero-order valence-electron chi connectivity index (χ0n) is 10.2. The number of hydrogen-bond acceptors (Lipinski definition) is 4. The number of nitrogens with one attached hydrogen (secondary N) is 1. The van der Waals surface area contributed by atoms with Gasteiger partial charge in [-0.2, -0.15) is 5.10 Å². The summed E-state index contributed by atoms with van der Waals surface area (Å²) in [6.45, 7) is 0. The maximum absolute atomic E-state index is 4.53. The Morgan fingerprint density at radius 3 is 3.00 bits per heavy atom. The maximum atomic E-state index is 4.53. The lowest BCUT2D eigenvalue weighted by Crippen LogP contribution is -1.90. The van der Waals surface area contributed by atoms with E-state index in [9.17, 15) is 0 Å². The molecule has 6 nitrogen and oxygen atoms in total. The van der Waals surface area contributed by atoms with Crippen LogP contribution < -0.4 is 0 Å². The van der Waals surface area contributed by atoms with Crippen LogP contribution >= 0.6 is 0 Å². The van der Waals surface area contributed by atoms with E-state index in [0.717, 1.165) is 22.1 Å². The molecule has 4 rings (SSSR count). The predicted octanol–water partition coefficient (Wildman–Crippen LogP) is 1.91. The molecule has 0 atom stereocenters. The van der Waals surface area contributed by atoms with Gasteiger partial charge in [0.1, 0.15) is 17.5 Å². The number of aromatic nitrogens is 6. The number of para-hydroxylation sites is 1. The Kier molecular flexibility index (Phi) is 1.94. The number of benzene rings is 1. The largest absolute Gasteiger partial charge is 0.334 e. The molecular weight excluding hydrogens is 240 g/mol. The lowest BCUT2D eigenvalue weighted by Gasteiger charge is -1.91. The van der Waals surface area contributed by atoms with Gasteiger partial charge in [0.15, 0.2) is 11.5 Å². The highest BCUT2D eigenvalue weighted by molar-refractivity contribution is 5.92. The first-order chi connectivity index (χ1) is 9.33. The normalized spacial score (nSPS) is 11.4. The van der Waals surface area contributed by atoms with Gasteiger partial charge in [0.25, 0.3) is 0 Å². The lowest BCUT2D eigenvalue weighted by atomic mass is 10.2. The maximum Gasteiger partial charge on any atom is 0.181 e. The van der Waals surface area contributed by atoms with Crippen LogP contribution in [0.1, 0.15) is 0 Å². The highest BCUT2D eigenvalue weighted by Crippen LogP contribution is 2.26. The van der Waals surface area contributed by atoms with Crippen molar-refractivity contribution in [1.29, 1.82) is 0 Å². The van der Waals surface area contributed by atoms with Gasteiger partial charge in [-0.05, 0) is 6.07 Å². The van der Waals surface area contributed by atoms with Crippen LogP contribution in [0.3, 0.4) is 0 Å². The van der Waals surface area contributed by atoms with Crippen LogP contribution in [0, 0.1) is 0 Å². The Bertz CT molecular complexity index is 855. The van der Waals surface area contributed by atoms with Crippen molar-refractivity contribution in [3.05, 3.63) is 36.8 Å². The van der Waals surface area contributed by atoms with Crippen LogP contribution in [-0.4, -0.2) is 29.7 Å². The van der Waals surface area contributed by atoms with Crippen LogP contribution in [0.2, 0.25) is 0 Å². The Morgan fingerprint density at radius 1 is 1.21 bits per heavy atom. The third kappa shape index (κ3) is 1.43. The summed E-state index contributed by atoms with van der Waals surface area (Å²) in [7, 11) is 1.92. The van der Waals surface area contributed by atoms with Gasteiger partial charge in [-0.3, -0.25) is 4.68 Å². The molecule has 0 spiro atoms. The molecule has 0 amide bonds. The van der Waals surface area contributed by atoms with E-state index >= 15 is 0 Å². The van der Waals surface area contributed by atoms with Crippen molar-refractivity contribution in [2.45, 2.75) is 0 Å². The first-order valence-corrected chi connectivity index (χ1v) is 5.91. The minimum absolute atomic E-state index is 0.653. The summed E-state index contributed by atoms with van der Waals surface area (Å²) in [6.07, 6.45) is 3.20. The highest BCUT2D eigenvalue weighted by atomic mass is 15.3. The Balaban J connectivity index is 2.04. The highest BCUT2D eigenvalue weighted by Gasteiger charge is 2.14. The molecule has 0 saturated carbocycles. The molecule has 0 radical (unpaired) electrons. The molecule has 0 unspecified atom stereocenters. The SMILES string of the molecule is Cn1nc(-c2nc3ncncc3[nH]2)c2ccccc21. The van der Waals surface area contributed by atoms with E-state index in [2.05, 4.69) is 25.0 Å². The molecule has 1 N–H and O–H groups in total. The molecule has 3 heterocycles. The van der Waals surface area contributed by atoms with Crippen molar-refractivity contribution >= 4 is 22.1 Å². The monoisotopic (exact) mass is 250 g/mol. The summed E-state index contributed by atoms with van der Waals surface area (Å²) in [4.78, 5) is 15.8. The lowest BCUT2D eigenvalue weighted by molar-refractivity contribution is 0.798. The fraction of sp³-hybridized carbons (Fsp3) is 0.0769. The third-order valence-corrected chi connectivity index (χ3v) is 3.14. The van der Waals surface area contributed by atoms with Gasteiger partial charge in [-0.1, -0.05) is 18.2 Å². The molecule has 0 aliphatic carbocycles. The second-order valence-corrected chi connectivity index (χ2v) is 4.33. The average molecular weight is 250 g/mol. The number of aryl methyl sites for hydroxylation is 1. The van der Waals surface area contributed by atoms with E-state index in [1.807, 2.05) is 36.0 Å². The van der Waals surface area contributed by atoms with Gasteiger partial charge in [-0.25, -0.2) is 15.0 Å². The van der Waals surface area contributed by atoms with E-state index in [0.29, 0.717) is 11.5 Å². The van der Waals surface area contributed by atoms with Gasteiger partial charge in [-0.15, -0.1) is 0 Å². The Hall–Kier alpha value is -2.76. The number of fused-ring (bicyclic) bond motifs is 2. The topological polar surface area (TPSA) is 72.3 Å². The summed E-state index contributed by atoms with van der Waals surface area (Å²) in [5.41, 5.74) is 3.37. The number of aromatic amines is 1. The summed E-state index contributed by atoms with van der Waals surface area (Å²) in [6, 6.07) is 8.07. The van der Waals surface area contributed by atoms with E-state index in [1.165, 1.54) is 6.33 Å². The van der Waals surface area contributed by atoms with Gasteiger partial charge in [0.05, 0.1) is 11.7 Å². The number of nitrogens with zero attached hydrogens (tertiary/aromatic N) is 5. The van der Waals surface area contributed by atoms with Crippen LogP contribution in [0.25, 0.3) is 33.6 Å². The Morgan fingerprint density at radius 2 is 2.11 bits per heavy atom. The summed E-state index contributed by atoms with van der Waals surface area (Å²) in [5.74, 6) is 0.715. The van der Waals surface area contributed by atoms with Crippen molar-refractivity contribution in [2.24, 2.45) is 7.05 Å². The second kappa shape index (κ2) is 3.61. The molecule has 0 fully saturated rings. The van der Waals surface area contributed by atoms with Crippen molar-refractivity contribution < 1.29 is 0 Å². The fourth-order valence-electron chi connectivity index (χ4n) is 2.26. The smallest absolute Gasteiger partial charge is 0.181 e. The fourth-order valence-corrected chi connectivity index (χ4v) is 2.26. The molecule has 0 aliphatic heterocycles. The third-order valence-electron chi connectivity index (χ3n) is 3.14. The first kappa shape index (κ1) is 10.2. The zero-order valence-corrected chi connectivity index (χ0v) is 10.2. The number of hydrogen-bond donors (Lipinski definition) is 1. The molecule has 0 bridgehead atoms. The van der Waals surface area contributed by atoms with Crippen molar-refractivity contribution in [3.63, 3.8) is 0 Å². The molecular formula is C13H10N6. The van der Waals surface area contributed by atoms with E-state index in [4.69, 9.17) is 0 Å². The number of imidazole rings is 1. The van der Waals surface area contributed by atoms with E-state index < -0.39 is 0 Å².